The second-order valence-corrected chi connectivity index (χ2v) is 14.3. The van der Waals surface area contributed by atoms with Gasteiger partial charge in [-0.3, -0.25) is 0 Å². The van der Waals surface area contributed by atoms with Gasteiger partial charge in [0.25, 0.3) is 0 Å². The molecule has 1 nitrogen and oxygen atoms in total. The standard InChI is InChI=1S/C48H38OS/c1-3-35-36(4-2)45(38-22-9-8-21-37(38)44(35)32-16-6-5-7-17-32)34-19-14-18-33(30-34)31-20-15-29-50-48-40-24-11-10-23-39(40)46-41-25-12-13-26-43(41)49-47(46)42(48)28-27-31/h3-7,10-11,13-24,26-30,39-40H,1-2,8-9,12,25H2. The van der Waals surface area contributed by atoms with Crippen LogP contribution in [0.1, 0.15) is 64.0 Å². The molecule has 4 aliphatic carbocycles. The fraction of sp³-hybridized carbons (Fsp3) is 0.125. The zero-order valence-corrected chi connectivity index (χ0v) is 28.9. The molecule has 0 bridgehead atoms. The molecule has 0 saturated carbocycles. The predicted molar refractivity (Wildman–Crippen MR) is 215 cm³/mol. The first-order chi connectivity index (χ1) is 24.7. The molecule has 0 amide bonds. The minimum absolute atomic E-state index is 0.300. The second kappa shape index (κ2) is 12.8. The van der Waals surface area contributed by atoms with E-state index in [1.165, 1.54) is 59.8 Å². The van der Waals surface area contributed by atoms with Gasteiger partial charge in [0.1, 0.15) is 11.5 Å². The molecule has 2 unspecified atom stereocenters. The first-order valence-corrected chi connectivity index (χ1v) is 18.6. The van der Waals surface area contributed by atoms with Crippen molar-refractivity contribution in [2.24, 2.45) is 0 Å². The highest BCUT2D eigenvalue weighted by molar-refractivity contribution is 7.10. The van der Waals surface area contributed by atoms with E-state index < -0.39 is 0 Å². The smallest absolute Gasteiger partial charge is 0.140 e. The van der Waals surface area contributed by atoms with Gasteiger partial charge in [-0.05, 0) is 104 Å². The Morgan fingerprint density at radius 1 is 0.680 bits per heavy atom. The molecule has 9 rings (SSSR count). The van der Waals surface area contributed by atoms with E-state index in [1.54, 1.807) is 0 Å². The Morgan fingerprint density at radius 3 is 2.16 bits per heavy atom. The van der Waals surface area contributed by atoms with Crippen LogP contribution in [0, 0.1) is 0 Å². The average Bonchev–Trinajstić information content (AvgIpc) is 3.61. The molecule has 0 N–H and O–H groups in total. The van der Waals surface area contributed by atoms with Crippen LogP contribution in [-0.4, -0.2) is 0 Å². The van der Waals surface area contributed by atoms with Gasteiger partial charge in [0.05, 0.1) is 0 Å². The summed E-state index contributed by atoms with van der Waals surface area (Å²) < 4.78 is 6.71. The Kier molecular flexibility index (Phi) is 7.83. The summed E-state index contributed by atoms with van der Waals surface area (Å²) in [4.78, 5) is 1.35. The topological polar surface area (TPSA) is 13.1 Å². The Hall–Kier alpha value is -5.44. The molecule has 2 atom stereocenters. The Labute approximate surface area is 298 Å². The lowest BCUT2D eigenvalue weighted by atomic mass is 9.74. The molecule has 2 heterocycles. The van der Waals surface area contributed by atoms with Crippen molar-refractivity contribution in [1.82, 2.24) is 0 Å². The molecule has 0 fully saturated rings. The fourth-order valence-electron chi connectivity index (χ4n) is 8.47. The van der Waals surface area contributed by atoms with Crippen molar-refractivity contribution in [2.45, 2.75) is 37.5 Å². The molecule has 0 spiro atoms. The van der Waals surface area contributed by atoms with Crippen molar-refractivity contribution in [3.8, 4) is 44.7 Å². The zero-order chi connectivity index (χ0) is 33.6. The number of allylic oxidation sites excluding steroid dienone is 5. The minimum atomic E-state index is 0.300. The van der Waals surface area contributed by atoms with Gasteiger partial charge in [-0.15, -0.1) is 11.3 Å². The van der Waals surface area contributed by atoms with Crippen molar-refractivity contribution < 1.29 is 4.42 Å². The first-order valence-electron chi connectivity index (χ1n) is 17.7. The van der Waals surface area contributed by atoms with Gasteiger partial charge < -0.3 is 4.42 Å². The number of hydrogen-bond acceptors (Lipinski definition) is 2. The maximum absolute atomic E-state index is 6.71. The predicted octanol–water partition coefficient (Wildman–Crippen LogP) is 12.0. The third kappa shape index (κ3) is 4.97. The molecule has 4 aliphatic rings. The van der Waals surface area contributed by atoms with Crippen LogP contribution < -0.4 is 10.4 Å². The van der Waals surface area contributed by atoms with E-state index >= 15 is 0 Å². The van der Waals surface area contributed by atoms with Crippen LogP contribution in [0.15, 0.2) is 132 Å². The third-order valence-corrected chi connectivity index (χ3v) is 11.7. The van der Waals surface area contributed by atoms with E-state index in [4.69, 9.17) is 4.42 Å². The van der Waals surface area contributed by atoms with Crippen LogP contribution >= 0.6 is 11.3 Å². The molecule has 0 saturated heterocycles. The number of fused-ring (bicyclic) bond motifs is 9. The van der Waals surface area contributed by atoms with E-state index in [0.717, 1.165) is 53.9 Å². The second-order valence-electron chi connectivity index (χ2n) is 13.4. The van der Waals surface area contributed by atoms with Crippen molar-refractivity contribution in [3.05, 3.63) is 171 Å². The molecule has 3 aromatic carbocycles. The van der Waals surface area contributed by atoms with Crippen molar-refractivity contribution in [2.75, 3.05) is 0 Å². The highest BCUT2D eigenvalue weighted by atomic mass is 32.1. The summed E-state index contributed by atoms with van der Waals surface area (Å²) in [5.74, 6) is 2.67. The van der Waals surface area contributed by atoms with Crippen molar-refractivity contribution in [3.63, 3.8) is 0 Å². The van der Waals surface area contributed by atoms with Gasteiger partial charge in [-0.2, -0.15) is 0 Å². The molecule has 2 heteroatoms. The summed E-state index contributed by atoms with van der Waals surface area (Å²) in [5, 5.41) is 4.81. The normalized spacial score (nSPS) is 17.5. The summed E-state index contributed by atoms with van der Waals surface area (Å²) >= 11 is 1.82. The monoisotopic (exact) mass is 662 g/mol. The lowest BCUT2D eigenvalue weighted by Crippen LogP contribution is -2.33. The van der Waals surface area contributed by atoms with Crippen LogP contribution in [-0.2, 0) is 6.42 Å². The van der Waals surface area contributed by atoms with Crippen LogP contribution in [0.2, 0.25) is 0 Å². The van der Waals surface area contributed by atoms with Gasteiger partial charge >= 0.3 is 0 Å². The van der Waals surface area contributed by atoms with Crippen LogP contribution in [0.3, 0.4) is 0 Å². The van der Waals surface area contributed by atoms with Crippen molar-refractivity contribution in [1.29, 1.82) is 0 Å². The van der Waals surface area contributed by atoms with Gasteiger partial charge in [-0.25, -0.2) is 0 Å². The molecule has 0 aliphatic heterocycles. The van der Waals surface area contributed by atoms with E-state index in [9.17, 15) is 0 Å². The van der Waals surface area contributed by atoms with Crippen molar-refractivity contribution >= 4 is 41.7 Å². The largest absolute Gasteiger partial charge is 0.456 e. The molecule has 0 radical (unpaired) electrons. The van der Waals surface area contributed by atoms with Gasteiger partial charge in [0.15, 0.2) is 0 Å². The maximum atomic E-state index is 6.71. The first kappa shape index (κ1) is 30.6. The number of furan rings is 1. The summed E-state index contributed by atoms with van der Waals surface area (Å²) in [5.41, 5.74) is 13.4. The summed E-state index contributed by atoms with van der Waals surface area (Å²) in [6.07, 6.45) is 26.6. The van der Waals surface area contributed by atoms with Crippen LogP contribution in [0.25, 0.3) is 75.1 Å². The highest BCUT2D eigenvalue weighted by Crippen LogP contribution is 2.53. The number of benzene rings is 3. The lowest BCUT2D eigenvalue weighted by Gasteiger charge is -2.30. The van der Waals surface area contributed by atoms with Gasteiger partial charge in [-0.1, -0.05) is 135 Å². The average molecular weight is 663 g/mol. The Morgan fingerprint density at radius 2 is 1.38 bits per heavy atom. The van der Waals surface area contributed by atoms with Gasteiger partial charge in [0, 0.05) is 33.4 Å². The van der Waals surface area contributed by atoms with E-state index in [-0.39, 0.29) is 0 Å². The lowest BCUT2D eigenvalue weighted by molar-refractivity contribution is 0.556. The molecular formula is C48H38OS. The molecule has 50 heavy (non-hydrogen) atoms. The summed E-state index contributed by atoms with van der Waals surface area (Å²) in [6.45, 7) is 8.63. The van der Waals surface area contributed by atoms with E-state index in [2.05, 4.69) is 146 Å². The van der Waals surface area contributed by atoms with Crippen LogP contribution in [0.5, 0.6) is 0 Å². The SMILES string of the molecule is C=Cc1c(C=C)c(-c2cccc(-c3cccsc4c(cc3)-c3oc5c(c3C3C=CC=CC43)CCC=C5)c2)c2c(c1-c1ccccc1)=CCCC=2. The third-order valence-electron chi connectivity index (χ3n) is 10.6. The van der Waals surface area contributed by atoms with Gasteiger partial charge in [0.2, 0.25) is 0 Å². The molecule has 5 aromatic rings. The Bertz CT molecular complexity index is 2480. The molecular weight excluding hydrogens is 625 g/mol. The number of hydrogen-bond donors (Lipinski definition) is 0. The quantitative estimate of drug-likeness (QED) is 0.183. The summed E-state index contributed by atoms with van der Waals surface area (Å²) in [7, 11) is 0. The molecule has 242 valence electrons. The van der Waals surface area contributed by atoms with E-state index in [0.29, 0.717) is 11.8 Å². The minimum Gasteiger partial charge on any atom is -0.456 e. The number of rotatable bonds is 5. The van der Waals surface area contributed by atoms with E-state index in [1.807, 2.05) is 23.5 Å². The highest BCUT2D eigenvalue weighted by Gasteiger charge is 2.37. The Balaban J connectivity index is 1.23. The summed E-state index contributed by atoms with van der Waals surface area (Å²) in [6, 6.07) is 28.7. The van der Waals surface area contributed by atoms with Crippen LogP contribution in [0.4, 0.5) is 0 Å². The zero-order valence-electron chi connectivity index (χ0n) is 28.1. The maximum Gasteiger partial charge on any atom is 0.140 e. The molecule has 2 aromatic heterocycles. The fourth-order valence-corrected chi connectivity index (χ4v) is 9.45.